The van der Waals surface area contributed by atoms with Gasteiger partial charge in [-0.3, -0.25) is 19.3 Å². The number of nitrogens with one attached hydrogen (secondary N) is 1. The second-order valence-corrected chi connectivity index (χ2v) is 6.95. The van der Waals surface area contributed by atoms with E-state index in [0.717, 1.165) is 4.90 Å². The lowest BCUT2D eigenvalue weighted by Crippen LogP contribution is -2.37. The summed E-state index contributed by atoms with van der Waals surface area (Å²) in [7, 11) is 0. The number of halogens is 5. The van der Waals surface area contributed by atoms with Crippen molar-refractivity contribution in [1.29, 1.82) is 0 Å². The predicted molar refractivity (Wildman–Crippen MR) is 97.7 cm³/mol. The standard InChI is InChI=1S/C19H11F5N2O3S/c20-11-4-2-1-3-9(11)7-13-18(28)26(19(29)30-13)6-5-25-17(27)10-8-12(21)15(23)16(24)14(10)22/h1-4,7-8H,5-6H2,(H,25,27)/b13-7-. The van der Waals surface area contributed by atoms with Gasteiger partial charge in [-0.15, -0.1) is 0 Å². The SMILES string of the molecule is O=C(NCCN1C(=O)S/C(=C\c2ccccc2F)C1=O)c1cc(F)c(F)c(F)c1F. The van der Waals surface area contributed by atoms with Crippen LogP contribution in [0.4, 0.5) is 26.7 Å². The van der Waals surface area contributed by atoms with E-state index in [0.29, 0.717) is 11.8 Å². The summed E-state index contributed by atoms with van der Waals surface area (Å²) in [5.41, 5.74) is -0.966. The van der Waals surface area contributed by atoms with Gasteiger partial charge in [0.1, 0.15) is 5.82 Å². The van der Waals surface area contributed by atoms with Crippen molar-refractivity contribution in [2.75, 3.05) is 13.1 Å². The fourth-order valence-corrected chi connectivity index (χ4v) is 3.40. The summed E-state index contributed by atoms with van der Waals surface area (Å²) in [5, 5.41) is 1.41. The van der Waals surface area contributed by atoms with Crippen molar-refractivity contribution in [3.8, 4) is 0 Å². The minimum Gasteiger partial charge on any atom is -0.350 e. The van der Waals surface area contributed by atoms with Crippen LogP contribution in [0.5, 0.6) is 0 Å². The van der Waals surface area contributed by atoms with Crippen LogP contribution in [0.25, 0.3) is 6.08 Å². The van der Waals surface area contributed by atoms with E-state index in [2.05, 4.69) is 5.32 Å². The molecule has 1 aliphatic rings. The van der Waals surface area contributed by atoms with Gasteiger partial charge < -0.3 is 5.32 Å². The van der Waals surface area contributed by atoms with Crippen molar-refractivity contribution in [3.63, 3.8) is 0 Å². The molecule has 2 aromatic carbocycles. The Labute approximate surface area is 170 Å². The summed E-state index contributed by atoms with van der Waals surface area (Å²) in [5.74, 6) is -10.4. The van der Waals surface area contributed by atoms with Crippen molar-refractivity contribution >= 4 is 34.9 Å². The van der Waals surface area contributed by atoms with Crippen LogP contribution in [0.1, 0.15) is 15.9 Å². The van der Waals surface area contributed by atoms with Crippen molar-refractivity contribution in [2.45, 2.75) is 0 Å². The molecule has 1 N–H and O–H groups in total. The first-order valence-corrected chi connectivity index (χ1v) is 9.13. The summed E-state index contributed by atoms with van der Waals surface area (Å²) >= 11 is 0.567. The maximum Gasteiger partial charge on any atom is 0.293 e. The van der Waals surface area contributed by atoms with E-state index in [-0.39, 0.29) is 29.6 Å². The molecule has 3 rings (SSSR count). The summed E-state index contributed by atoms with van der Waals surface area (Å²) in [4.78, 5) is 37.0. The van der Waals surface area contributed by atoms with Crippen LogP contribution in [-0.2, 0) is 4.79 Å². The Morgan fingerprint density at radius 1 is 1.00 bits per heavy atom. The number of carbonyl (C=O) groups is 3. The monoisotopic (exact) mass is 442 g/mol. The predicted octanol–water partition coefficient (Wildman–Crippen LogP) is 3.85. The molecule has 0 aromatic heterocycles. The average molecular weight is 442 g/mol. The van der Waals surface area contributed by atoms with E-state index in [9.17, 15) is 36.3 Å². The molecule has 0 unspecified atom stereocenters. The molecular formula is C19H11F5N2O3S. The van der Waals surface area contributed by atoms with E-state index in [1.807, 2.05) is 0 Å². The molecule has 3 amide bonds. The van der Waals surface area contributed by atoms with Crippen molar-refractivity contribution < 1.29 is 36.3 Å². The number of thioether (sulfide) groups is 1. The first-order chi connectivity index (χ1) is 14.2. The van der Waals surface area contributed by atoms with Gasteiger partial charge in [0, 0.05) is 18.7 Å². The van der Waals surface area contributed by atoms with Crippen LogP contribution < -0.4 is 5.32 Å². The van der Waals surface area contributed by atoms with Crippen molar-refractivity contribution in [1.82, 2.24) is 10.2 Å². The van der Waals surface area contributed by atoms with Gasteiger partial charge in [0.25, 0.3) is 17.1 Å². The molecule has 5 nitrogen and oxygen atoms in total. The van der Waals surface area contributed by atoms with E-state index in [1.165, 1.54) is 24.3 Å². The van der Waals surface area contributed by atoms with Gasteiger partial charge in [-0.25, -0.2) is 22.0 Å². The summed E-state index contributed by atoms with van der Waals surface area (Å²) < 4.78 is 66.7. The molecular weight excluding hydrogens is 431 g/mol. The zero-order valence-corrected chi connectivity index (χ0v) is 15.7. The number of imide groups is 1. The fourth-order valence-electron chi connectivity index (χ4n) is 2.54. The van der Waals surface area contributed by atoms with Gasteiger partial charge in [-0.05, 0) is 30.0 Å². The van der Waals surface area contributed by atoms with Gasteiger partial charge in [0.15, 0.2) is 23.3 Å². The molecule has 1 heterocycles. The molecule has 2 aromatic rings. The average Bonchev–Trinajstić information content (AvgIpc) is 2.98. The molecule has 0 bridgehead atoms. The second kappa shape index (κ2) is 8.66. The first kappa shape index (κ1) is 21.5. The Hall–Kier alpha value is -3.21. The molecule has 0 spiro atoms. The number of nitrogens with zero attached hydrogens (tertiary/aromatic N) is 1. The van der Waals surface area contributed by atoms with E-state index >= 15 is 0 Å². The molecule has 0 atom stereocenters. The lowest BCUT2D eigenvalue weighted by molar-refractivity contribution is -0.122. The summed E-state index contributed by atoms with van der Waals surface area (Å²) in [6.45, 7) is -0.706. The van der Waals surface area contributed by atoms with Crippen LogP contribution in [0.3, 0.4) is 0 Å². The second-order valence-electron chi connectivity index (χ2n) is 5.96. The number of rotatable bonds is 5. The zero-order valence-electron chi connectivity index (χ0n) is 14.8. The van der Waals surface area contributed by atoms with Crippen LogP contribution in [0.15, 0.2) is 35.2 Å². The van der Waals surface area contributed by atoms with Crippen LogP contribution in [-0.4, -0.2) is 35.0 Å². The van der Waals surface area contributed by atoms with Crippen LogP contribution in [0.2, 0.25) is 0 Å². The highest BCUT2D eigenvalue weighted by Crippen LogP contribution is 2.32. The number of amides is 3. The molecule has 1 saturated heterocycles. The molecule has 0 saturated carbocycles. The third-order valence-electron chi connectivity index (χ3n) is 4.03. The van der Waals surface area contributed by atoms with Crippen LogP contribution in [0, 0.1) is 29.1 Å². The smallest absolute Gasteiger partial charge is 0.293 e. The number of benzene rings is 2. The zero-order chi connectivity index (χ0) is 22.0. The molecule has 1 aliphatic heterocycles. The largest absolute Gasteiger partial charge is 0.350 e. The van der Waals surface area contributed by atoms with E-state index in [1.54, 1.807) is 6.07 Å². The highest BCUT2D eigenvalue weighted by Gasteiger charge is 2.35. The van der Waals surface area contributed by atoms with Crippen molar-refractivity contribution in [2.24, 2.45) is 0 Å². The maximum atomic E-state index is 13.7. The number of hydrogen-bond donors (Lipinski definition) is 1. The Morgan fingerprint density at radius 3 is 2.40 bits per heavy atom. The Bertz CT molecular complexity index is 1090. The minimum absolute atomic E-state index is 0.0369. The Morgan fingerprint density at radius 2 is 1.70 bits per heavy atom. The molecule has 0 radical (unpaired) electrons. The highest BCUT2D eigenvalue weighted by atomic mass is 32.2. The van der Waals surface area contributed by atoms with E-state index in [4.69, 9.17) is 0 Å². The van der Waals surface area contributed by atoms with Crippen LogP contribution >= 0.6 is 11.8 Å². The molecule has 0 aliphatic carbocycles. The van der Waals surface area contributed by atoms with Gasteiger partial charge in [-0.2, -0.15) is 0 Å². The number of carbonyl (C=O) groups excluding carboxylic acids is 3. The lowest BCUT2D eigenvalue weighted by Gasteiger charge is -2.13. The quantitative estimate of drug-likeness (QED) is 0.331. The first-order valence-electron chi connectivity index (χ1n) is 8.31. The maximum absolute atomic E-state index is 13.7. The van der Waals surface area contributed by atoms with E-state index < -0.39 is 51.7 Å². The normalized spacial score (nSPS) is 15.2. The van der Waals surface area contributed by atoms with Gasteiger partial charge >= 0.3 is 0 Å². The Kier molecular flexibility index (Phi) is 6.20. The number of hydrogen-bond acceptors (Lipinski definition) is 4. The summed E-state index contributed by atoms with van der Waals surface area (Å²) in [6, 6.07) is 5.81. The fraction of sp³-hybridized carbons (Fsp3) is 0.105. The Balaban J connectivity index is 1.65. The third-order valence-corrected chi connectivity index (χ3v) is 4.94. The van der Waals surface area contributed by atoms with Gasteiger partial charge in [-0.1, -0.05) is 18.2 Å². The molecule has 1 fully saturated rings. The third kappa shape index (κ3) is 4.20. The molecule has 11 heteroatoms. The summed E-state index contributed by atoms with van der Waals surface area (Å²) in [6.07, 6.45) is 1.21. The molecule has 156 valence electrons. The topological polar surface area (TPSA) is 66.5 Å². The van der Waals surface area contributed by atoms with Gasteiger partial charge in [0.2, 0.25) is 0 Å². The molecule has 30 heavy (non-hydrogen) atoms. The van der Waals surface area contributed by atoms with Crippen molar-refractivity contribution in [3.05, 3.63) is 75.4 Å². The minimum atomic E-state index is -2.13. The van der Waals surface area contributed by atoms with Gasteiger partial charge in [0.05, 0.1) is 10.5 Å². The lowest BCUT2D eigenvalue weighted by atomic mass is 10.1. The highest BCUT2D eigenvalue weighted by molar-refractivity contribution is 8.18.